The van der Waals surface area contributed by atoms with E-state index in [1.807, 2.05) is 0 Å². The van der Waals surface area contributed by atoms with E-state index in [1.165, 1.54) is 60.7 Å². The van der Waals surface area contributed by atoms with Gasteiger partial charge in [0.2, 0.25) is 6.23 Å². The van der Waals surface area contributed by atoms with E-state index in [4.69, 9.17) is 9.47 Å². The summed E-state index contributed by atoms with van der Waals surface area (Å²) in [5.74, 6) is -2.88. The molecular weight excluding hydrogens is 596 g/mol. The van der Waals surface area contributed by atoms with Crippen LogP contribution in [0.3, 0.4) is 0 Å². The third-order valence-corrected chi connectivity index (χ3v) is 6.92. The molecule has 4 aromatic rings. The number of nitrogens with one attached hydrogen (secondary N) is 1. The summed E-state index contributed by atoms with van der Waals surface area (Å²) in [5, 5.41) is 41.7. The van der Waals surface area contributed by atoms with Gasteiger partial charge in [-0.2, -0.15) is 0 Å². The number of carboxylic acids is 2. The number of carboxylic acid groups (broad SMARTS) is 2. The zero-order valence-electron chi connectivity index (χ0n) is 24.4. The number of carbonyl (C=O) groups excluding carboxylic acids is 2. The third-order valence-electron chi connectivity index (χ3n) is 6.92. The van der Waals surface area contributed by atoms with Gasteiger partial charge in [0.15, 0.2) is 0 Å². The molecule has 1 unspecified atom stereocenters. The lowest BCUT2D eigenvalue weighted by Gasteiger charge is -2.35. The molecule has 4 rings (SSSR count). The van der Waals surface area contributed by atoms with Crippen LogP contribution in [0.2, 0.25) is 0 Å². The lowest BCUT2D eigenvalue weighted by molar-refractivity contribution is -0.147. The van der Waals surface area contributed by atoms with Crippen LogP contribution >= 0.6 is 0 Å². The van der Waals surface area contributed by atoms with Gasteiger partial charge in [0, 0.05) is 18.4 Å². The van der Waals surface area contributed by atoms with Crippen molar-refractivity contribution in [3.05, 3.63) is 131 Å². The highest BCUT2D eigenvalue weighted by atomic mass is 16.6. The number of aromatic hydroxyl groups is 2. The molecule has 4 aromatic carbocycles. The first-order chi connectivity index (χ1) is 22.1. The number of nitrogens with zero attached hydrogens (tertiary/aromatic N) is 1. The molecule has 12 nitrogen and oxygen atoms in total. The molecule has 0 spiro atoms. The largest absolute Gasteiger partial charge is 0.508 e. The topological polar surface area (TPSA) is 183 Å². The Kier molecular flexibility index (Phi) is 11.2. The molecule has 0 heterocycles. The number of alkyl carbamates (subject to hydrolysis) is 1. The number of hydrogen-bond acceptors (Lipinski definition) is 8. The minimum absolute atomic E-state index is 0.0202. The quantitative estimate of drug-likeness (QED) is 0.128. The molecule has 3 atom stereocenters. The standard InChI is InChI=1S/C34H32N2O10/c37-26-15-11-22(12-16-26)19-28(31(39)40)35-33(43)46-30(25-9-5-2-6-10-25)36(34(44)45-21-24-7-3-1-4-8-24)29(32(41)42)20-23-13-17-27(38)18-14-23/h1-18,28-30,37-38H,19-21H2,(H,35,43)(H,39,40)(H,41,42)/t28-,29+,30?/m0/s1. The summed E-state index contributed by atoms with van der Waals surface area (Å²) in [6, 6.07) is 24.9. The molecule has 0 bridgehead atoms. The van der Waals surface area contributed by atoms with Crippen LogP contribution in [0.4, 0.5) is 9.59 Å². The average Bonchev–Trinajstić information content (AvgIpc) is 3.05. The lowest BCUT2D eigenvalue weighted by Crippen LogP contribution is -2.51. The first-order valence-electron chi connectivity index (χ1n) is 14.1. The van der Waals surface area contributed by atoms with Gasteiger partial charge in [0.25, 0.3) is 0 Å². The molecule has 0 fully saturated rings. The van der Waals surface area contributed by atoms with Crippen LogP contribution in [0, 0.1) is 0 Å². The average molecular weight is 629 g/mol. The molecule has 238 valence electrons. The first kappa shape index (κ1) is 32.9. The number of amides is 2. The van der Waals surface area contributed by atoms with E-state index in [1.54, 1.807) is 48.5 Å². The van der Waals surface area contributed by atoms with E-state index in [-0.39, 0.29) is 36.5 Å². The Labute approximate surface area is 264 Å². The number of phenols is 2. The molecule has 0 aromatic heterocycles. The zero-order chi connectivity index (χ0) is 33.1. The Balaban J connectivity index is 1.68. The Morgan fingerprint density at radius 2 is 1.17 bits per heavy atom. The predicted molar refractivity (Wildman–Crippen MR) is 164 cm³/mol. The molecule has 0 aliphatic carbocycles. The van der Waals surface area contributed by atoms with Gasteiger partial charge >= 0.3 is 24.1 Å². The predicted octanol–water partition coefficient (Wildman–Crippen LogP) is 4.85. The molecular formula is C34H32N2O10. The summed E-state index contributed by atoms with van der Waals surface area (Å²) in [7, 11) is 0. The fourth-order valence-corrected chi connectivity index (χ4v) is 4.59. The van der Waals surface area contributed by atoms with Crippen molar-refractivity contribution in [3.8, 4) is 11.5 Å². The van der Waals surface area contributed by atoms with Crippen molar-refractivity contribution in [2.75, 3.05) is 0 Å². The van der Waals surface area contributed by atoms with Crippen LogP contribution in [-0.4, -0.2) is 61.5 Å². The Bertz CT molecular complexity index is 1610. The van der Waals surface area contributed by atoms with E-state index in [0.29, 0.717) is 16.7 Å². The highest BCUT2D eigenvalue weighted by Crippen LogP contribution is 2.28. The molecule has 0 saturated heterocycles. The van der Waals surface area contributed by atoms with E-state index in [0.717, 1.165) is 4.90 Å². The number of ether oxygens (including phenoxy) is 2. The number of rotatable bonds is 13. The van der Waals surface area contributed by atoms with Gasteiger partial charge in [0.05, 0.1) is 0 Å². The van der Waals surface area contributed by atoms with Crippen molar-refractivity contribution in [1.29, 1.82) is 0 Å². The Morgan fingerprint density at radius 1 is 0.652 bits per heavy atom. The molecule has 0 saturated carbocycles. The van der Waals surface area contributed by atoms with Gasteiger partial charge in [-0.1, -0.05) is 84.9 Å². The van der Waals surface area contributed by atoms with Crippen LogP contribution in [0.5, 0.6) is 11.5 Å². The number of hydrogen-bond donors (Lipinski definition) is 5. The highest BCUT2D eigenvalue weighted by molar-refractivity contribution is 5.82. The van der Waals surface area contributed by atoms with Gasteiger partial charge in [-0.3, -0.25) is 4.90 Å². The van der Waals surface area contributed by atoms with Crippen molar-refractivity contribution in [2.24, 2.45) is 0 Å². The Hall–Kier alpha value is -6.04. The number of phenolic OH excluding ortho intramolecular Hbond substituents is 2. The van der Waals surface area contributed by atoms with Crippen molar-refractivity contribution >= 4 is 24.1 Å². The second kappa shape index (κ2) is 15.6. The maximum absolute atomic E-state index is 13.8. The van der Waals surface area contributed by atoms with Crippen LogP contribution in [0.15, 0.2) is 109 Å². The second-order valence-corrected chi connectivity index (χ2v) is 10.2. The van der Waals surface area contributed by atoms with Crippen LogP contribution in [0.25, 0.3) is 0 Å². The summed E-state index contributed by atoms with van der Waals surface area (Å²) in [6.07, 6.45) is -4.46. The molecule has 0 aliphatic rings. The fourth-order valence-electron chi connectivity index (χ4n) is 4.59. The van der Waals surface area contributed by atoms with Gasteiger partial charge < -0.3 is 35.2 Å². The van der Waals surface area contributed by atoms with E-state index >= 15 is 0 Å². The van der Waals surface area contributed by atoms with Crippen LogP contribution in [0.1, 0.15) is 28.5 Å². The first-order valence-corrected chi connectivity index (χ1v) is 14.1. The summed E-state index contributed by atoms with van der Waals surface area (Å²) >= 11 is 0. The van der Waals surface area contributed by atoms with Crippen molar-refractivity contribution in [2.45, 2.75) is 37.8 Å². The fraction of sp³-hybridized carbons (Fsp3) is 0.176. The molecule has 2 amide bonds. The van der Waals surface area contributed by atoms with Crippen LogP contribution in [-0.2, 0) is 38.5 Å². The molecule has 0 radical (unpaired) electrons. The zero-order valence-corrected chi connectivity index (χ0v) is 24.4. The van der Waals surface area contributed by atoms with E-state index in [2.05, 4.69) is 5.32 Å². The van der Waals surface area contributed by atoms with E-state index < -0.39 is 42.4 Å². The van der Waals surface area contributed by atoms with Gasteiger partial charge in [0.1, 0.15) is 30.2 Å². The third kappa shape index (κ3) is 9.23. The maximum atomic E-state index is 13.8. The Morgan fingerprint density at radius 3 is 1.70 bits per heavy atom. The SMILES string of the molecule is O=C(N[C@@H](Cc1ccc(O)cc1)C(=O)O)OC(c1ccccc1)N(C(=O)OCc1ccccc1)[C@H](Cc1ccc(O)cc1)C(=O)O. The van der Waals surface area contributed by atoms with Crippen molar-refractivity contribution in [3.63, 3.8) is 0 Å². The minimum atomic E-state index is -1.68. The normalized spacial score (nSPS) is 12.6. The summed E-state index contributed by atoms with van der Waals surface area (Å²) in [4.78, 5) is 52.7. The van der Waals surface area contributed by atoms with Crippen molar-refractivity contribution in [1.82, 2.24) is 10.2 Å². The van der Waals surface area contributed by atoms with Gasteiger partial charge in [-0.05, 0) is 41.0 Å². The molecule has 46 heavy (non-hydrogen) atoms. The second-order valence-electron chi connectivity index (χ2n) is 10.2. The highest BCUT2D eigenvalue weighted by Gasteiger charge is 2.40. The van der Waals surface area contributed by atoms with E-state index in [9.17, 15) is 39.6 Å². The number of aliphatic carboxylic acids is 2. The smallest absolute Gasteiger partial charge is 0.414 e. The molecule has 5 N–H and O–H groups in total. The number of benzene rings is 4. The summed E-state index contributed by atoms with van der Waals surface area (Å²) in [5.41, 5.74) is 1.77. The molecule has 0 aliphatic heterocycles. The molecule has 12 heteroatoms. The number of carbonyl (C=O) groups is 4. The monoisotopic (exact) mass is 628 g/mol. The summed E-state index contributed by atoms with van der Waals surface area (Å²) < 4.78 is 11.2. The maximum Gasteiger partial charge on any atom is 0.414 e. The van der Waals surface area contributed by atoms with Gasteiger partial charge in [-0.25, -0.2) is 19.2 Å². The lowest BCUT2D eigenvalue weighted by atomic mass is 10.0. The van der Waals surface area contributed by atoms with Gasteiger partial charge in [-0.15, -0.1) is 0 Å². The van der Waals surface area contributed by atoms with Crippen molar-refractivity contribution < 1.29 is 49.1 Å². The van der Waals surface area contributed by atoms with Crippen LogP contribution < -0.4 is 5.32 Å². The minimum Gasteiger partial charge on any atom is -0.508 e. The summed E-state index contributed by atoms with van der Waals surface area (Å²) in [6.45, 7) is -0.219.